The number of allylic oxidation sites excluding steroid dienone is 5. The van der Waals surface area contributed by atoms with Gasteiger partial charge in [0.1, 0.15) is 5.84 Å². The van der Waals surface area contributed by atoms with Gasteiger partial charge in [-0.2, -0.15) is 5.10 Å². The van der Waals surface area contributed by atoms with Crippen LogP contribution in [0, 0.1) is 0 Å². The Labute approximate surface area is 201 Å². The van der Waals surface area contributed by atoms with E-state index in [-0.39, 0.29) is 0 Å². The minimum absolute atomic E-state index is 0.416. The number of benzene rings is 2. The van der Waals surface area contributed by atoms with Gasteiger partial charge in [-0.1, -0.05) is 36.9 Å². The third kappa shape index (κ3) is 6.05. The first-order valence-corrected chi connectivity index (χ1v) is 11.2. The summed E-state index contributed by atoms with van der Waals surface area (Å²) in [5.74, 6) is 0.990. The van der Waals surface area contributed by atoms with Crippen LogP contribution in [0.25, 0.3) is 5.57 Å². The Bertz CT molecular complexity index is 1230. The van der Waals surface area contributed by atoms with Crippen LogP contribution in [0.15, 0.2) is 88.9 Å². The third-order valence-corrected chi connectivity index (χ3v) is 5.82. The first-order chi connectivity index (χ1) is 15.8. The lowest BCUT2D eigenvalue weighted by molar-refractivity contribution is 0.769. The first-order valence-electron chi connectivity index (χ1n) is 10.8. The number of thiol groups is 1. The molecule has 0 saturated heterocycles. The van der Waals surface area contributed by atoms with Crippen LogP contribution in [0.5, 0.6) is 0 Å². The smallest absolute Gasteiger partial charge is 0.175 e. The molecular formula is C27H31N5S. The minimum Gasteiger partial charge on any atom is -0.387 e. The second-order valence-corrected chi connectivity index (χ2v) is 8.42. The molecule has 0 amide bonds. The van der Waals surface area contributed by atoms with Gasteiger partial charge in [0.2, 0.25) is 0 Å². The molecule has 3 aromatic rings. The van der Waals surface area contributed by atoms with Gasteiger partial charge < -0.3 is 11.1 Å². The van der Waals surface area contributed by atoms with Gasteiger partial charge in [0.15, 0.2) is 5.82 Å². The molecule has 0 bridgehead atoms. The van der Waals surface area contributed by atoms with Crippen LogP contribution >= 0.6 is 12.6 Å². The molecule has 0 fully saturated rings. The van der Waals surface area contributed by atoms with Crippen molar-refractivity contribution in [1.82, 2.24) is 9.78 Å². The van der Waals surface area contributed by atoms with Crippen LogP contribution < -0.4 is 11.1 Å². The Kier molecular flexibility index (Phi) is 7.96. The van der Waals surface area contributed by atoms with E-state index in [1.165, 1.54) is 5.56 Å². The van der Waals surface area contributed by atoms with Crippen LogP contribution in [0.2, 0.25) is 0 Å². The van der Waals surface area contributed by atoms with Crippen molar-refractivity contribution in [2.45, 2.75) is 25.2 Å². The highest BCUT2D eigenvalue weighted by molar-refractivity contribution is 7.80. The average molecular weight is 458 g/mol. The maximum absolute atomic E-state index is 6.53. The standard InChI is InChI=1S/C27H31N5S/c1-6-7-8-18(2)19(3)21-16-22(15-20-9-11-23(33)12-10-20)26(29-4)24(17-21)27(28)30-25-13-14-32(5)31-25/h6-14,16-17,29,33H,1,15H2,2-5H3,(H2,28,30,31)/b8-7-,19-18+. The zero-order valence-corrected chi connectivity index (χ0v) is 20.5. The second kappa shape index (κ2) is 10.9. The number of aryl methyl sites for hydroxylation is 1. The van der Waals surface area contributed by atoms with Crippen molar-refractivity contribution in [2.24, 2.45) is 17.8 Å². The van der Waals surface area contributed by atoms with Crippen molar-refractivity contribution < 1.29 is 0 Å². The topological polar surface area (TPSA) is 68.2 Å². The van der Waals surface area contributed by atoms with Gasteiger partial charge in [-0.05, 0) is 72.4 Å². The van der Waals surface area contributed by atoms with E-state index < -0.39 is 0 Å². The summed E-state index contributed by atoms with van der Waals surface area (Å²) in [5.41, 5.74) is 14.1. The number of amidine groups is 1. The molecule has 0 radical (unpaired) electrons. The van der Waals surface area contributed by atoms with E-state index >= 15 is 0 Å². The lowest BCUT2D eigenvalue weighted by Gasteiger charge is -2.18. The van der Waals surface area contributed by atoms with Gasteiger partial charge in [-0.3, -0.25) is 4.68 Å². The van der Waals surface area contributed by atoms with Crippen LogP contribution in [0.3, 0.4) is 0 Å². The van der Waals surface area contributed by atoms with Crippen LogP contribution in [0.4, 0.5) is 11.5 Å². The normalized spacial score (nSPS) is 12.7. The van der Waals surface area contributed by atoms with Gasteiger partial charge in [0.25, 0.3) is 0 Å². The summed E-state index contributed by atoms with van der Waals surface area (Å²) in [6.07, 6.45) is 8.38. The first kappa shape index (κ1) is 24.1. The number of nitrogens with two attached hydrogens (primary N) is 1. The number of nitrogens with zero attached hydrogens (tertiary/aromatic N) is 3. The lowest BCUT2D eigenvalue weighted by Crippen LogP contribution is -2.17. The van der Waals surface area contributed by atoms with Crippen molar-refractivity contribution in [2.75, 3.05) is 12.4 Å². The van der Waals surface area contributed by atoms with Crippen molar-refractivity contribution in [3.63, 3.8) is 0 Å². The van der Waals surface area contributed by atoms with E-state index in [9.17, 15) is 0 Å². The van der Waals surface area contributed by atoms with E-state index in [0.29, 0.717) is 11.7 Å². The molecule has 0 spiro atoms. The van der Waals surface area contributed by atoms with Gasteiger partial charge in [0.05, 0.1) is 0 Å². The molecule has 33 heavy (non-hydrogen) atoms. The van der Waals surface area contributed by atoms with Gasteiger partial charge in [0, 0.05) is 42.5 Å². The highest BCUT2D eigenvalue weighted by atomic mass is 32.1. The zero-order chi connectivity index (χ0) is 24.0. The van der Waals surface area contributed by atoms with Crippen molar-refractivity contribution in [1.29, 1.82) is 0 Å². The van der Waals surface area contributed by atoms with Crippen LogP contribution in [0.1, 0.15) is 36.1 Å². The van der Waals surface area contributed by atoms with E-state index in [2.05, 4.69) is 78.8 Å². The predicted octanol–water partition coefficient (Wildman–Crippen LogP) is 5.91. The van der Waals surface area contributed by atoms with Gasteiger partial charge >= 0.3 is 0 Å². The van der Waals surface area contributed by atoms with E-state index in [1.807, 2.05) is 44.6 Å². The summed E-state index contributed by atoms with van der Waals surface area (Å²) in [6, 6.07) is 14.4. The lowest BCUT2D eigenvalue weighted by atomic mass is 9.92. The molecule has 5 nitrogen and oxygen atoms in total. The van der Waals surface area contributed by atoms with Gasteiger partial charge in [-0.15, -0.1) is 12.6 Å². The van der Waals surface area contributed by atoms with Crippen LogP contribution in [-0.2, 0) is 13.5 Å². The summed E-state index contributed by atoms with van der Waals surface area (Å²) in [7, 11) is 3.77. The number of aromatic nitrogens is 2. The van der Waals surface area contributed by atoms with Crippen molar-refractivity contribution in [3.05, 3.63) is 101 Å². The summed E-state index contributed by atoms with van der Waals surface area (Å²) in [6.45, 7) is 7.98. The minimum atomic E-state index is 0.416. The molecule has 0 aliphatic carbocycles. The molecule has 0 unspecified atom stereocenters. The van der Waals surface area contributed by atoms with Gasteiger partial charge in [-0.25, -0.2) is 4.99 Å². The van der Waals surface area contributed by atoms with E-state index in [0.717, 1.165) is 44.8 Å². The Balaban J connectivity index is 2.19. The molecular weight excluding hydrogens is 426 g/mol. The highest BCUT2D eigenvalue weighted by Crippen LogP contribution is 2.31. The van der Waals surface area contributed by atoms with Crippen LogP contribution in [-0.4, -0.2) is 22.7 Å². The number of nitrogens with one attached hydrogen (secondary N) is 1. The molecule has 0 aliphatic heterocycles. The maximum atomic E-state index is 6.53. The summed E-state index contributed by atoms with van der Waals surface area (Å²) in [5, 5.41) is 7.70. The zero-order valence-electron chi connectivity index (χ0n) is 19.6. The fraction of sp³-hybridized carbons (Fsp3) is 0.185. The fourth-order valence-corrected chi connectivity index (χ4v) is 3.75. The molecule has 3 N–H and O–H groups in total. The number of anilines is 1. The molecule has 6 heteroatoms. The highest BCUT2D eigenvalue weighted by Gasteiger charge is 2.15. The summed E-state index contributed by atoms with van der Waals surface area (Å²) in [4.78, 5) is 5.52. The molecule has 2 aromatic carbocycles. The predicted molar refractivity (Wildman–Crippen MR) is 144 cm³/mol. The van der Waals surface area contributed by atoms with E-state index in [1.54, 1.807) is 10.8 Å². The molecule has 3 rings (SSSR count). The second-order valence-electron chi connectivity index (χ2n) is 7.90. The summed E-state index contributed by atoms with van der Waals surface area (Å²) < 4.78 is 1.71. The van der Waals surface area contributed by atoms with E-state index in [4.69, 9.17) is 5.73 Å². The number of rotatable bonds is 8. The van der Waals surface area contributed by atoms with Crippen molar-refractivity contribution >= 4 is 35.5 Å². The number of aliphatic imine (C=N–C) groups is 1. The maximum Gasteiger partial charge on any atom is 0.175 e. The molecule has 170 valence electrons. The Hall–Kier alpha value is -3.51. The fourth-order valence-electron chi connectivity index (χ4n) is 3.60. The summed E-state index contributed by atoms with van der Waals surface area (Å²) >= 11 is 4.41. The molecule has 0 saturated carbocycles. The third-order valence-electron chi connectivity index (χ3n) is 5.52. The largest absolute Gasteiger partial charge is 0.387 e. The number of hydrogen-bond acceptors (Lipinski definition) is 4. The Morgan fingerprint density at radius 2 is 1.94 bits per heavy atom. The monoisotopic (exact) mass is 457 g/mol. The van der Waals surface area contributed by atoms with Crippen molar-refractivity contribution in [3.8, 4) is 0 Å². The molecule has 1 heterocycles. The molecule has 0 aliphatic rings. The SMILES string of the molecule is C=C/C=C\C(C)=C(/C)c1cc(Cc2ccc(S)cc2)c(NC)c(C(N)=Nc2ccn(C)n2)c1. The average Bonchev–Trinajstić information content (AvgIpc) is 3.22. The molecule has 0 atom stereocenters. The number of hydrogen-bond donors (Lipinski definition) is 3. The Morgan fingerprint density at radius 3 is 2.55 bits per heavy atom. The molecule has 1 aromatic heterocycles. The quantitative estimate of drug-likeness (QED) is 0.170. The Morgan fingerprint density at radius 1 is 1.21 bits per heavy atom.